The monoisotopic (exact) mass is 313 g/mol. The van der Waals surface area contributed by atoms with Crippen LogP contribution >= 0.6 is 0 Å². The maximum absolute atomic E-state index is 5.40. The van der Waals surface area contributed by atoms with E-state index in [1.54, 1.807) is 5.56 Å². The molecule has 3 fully saturated rings. The summed E-state index contributed by atoms with van der Waals surface area (Å²) in [5.41, 5.74) is 3.60. The summed E-state index contributed by atoms with van der Waals surface area (Å²) in [6, 6.07) is 9.91. The second-order valence-electron chi connectivity index (χ2n) is 8.21. The molecule has 2 saturated heterocycles. The summed E-state index contributed by atoms with van der Waals surface area (Å²) < 4.78 is 5.40. The van der Waals surface area contributed by atoms with Crippen molar-refractivity contribution in [3.8, 4) is 0 Å². The number of piperidine rings is 1. The Kier molecular flexibility index (Phi) is 4.23. The zero-order valence-corrected chi connectivity index (χ0v) is 14.8. The first-order valence-corrected chi connectivity index (χ1v) is 9.58. The van der Waals surface area contributed by atoms with E-state index >= 15 is 0 Å². The van der Waals surface area contributed by atoms with Crippen molar-refractivity contribution in [1.82, 2.24) is 4.90 Å². The number of aryl methyl sites for hydroxylation is 1. The molecule has 23 heavy (non-hydrogen) atoms. The number of likely N-dealkylation sites (tertiary alicyclic amines) is 1. The normalized spacial score (nSPS) is 35.6. The smallest absolute Gasteiger partial charge is 0.0528 e. The highest BCUT2D eigenvalue weighted by atomic mass is 16.5. The van der Waals surface area contributed by atoms with E-state index < -0.39 is 0 Å². The number of hydrogen-bond acceptors (Lipinski definition) is 2. The molecule has 0 radical (unpaired) electrons. The predicted molar refractivity (Wildman–Crippen MR) is 94.8 cm³/mol. The molecule has 1 aliphatic carbocycles. The largest absolute Gasteiger partial charge is 0.381 e. The van der Waals surface area contributed by atoms with E-state index in [0.29, 0.717) is 11.5 Å². The lowest BCUT2D eigenvalue weighted by Gasteiger charge is -2.56. The van der Waals surface area contributed by atoms with Crippen molar-refractivity contribution in [2.45, 2.75) is 57.4 Å². The first-order valence-electron chi connectivity index (χ1n) is 9.58. The fraction of sp³-hybridized carbons (Fsp3) is 0.714. The molecule has 0 amide bonds. The van der Waals surface area contributed by atoms with Gasteiger partial charge in [0.1, 0.15) is 0 Å². The second kappa shape index (κ2) is 6.22. The lowest BCUT2D eigenvalue weighted by Crippen LogP contribution is -2.58. The van der Waals surface area contributed by atoms with Crippen LogP contribution in [0.4, 0.5) is 0 Å². The van der Waals surface area contributed by atoms with Crippen LogP contribution in [0, 0.1) is 18.8 Å². The van der Waals surface area contributed by atoms with Crippen LogP contribution in [0.25, 0.3) is 0 Å². The number of hydrogen-bond donors (Lipinski definition) is 0. The Morgan fingerprint density at radius 1 is 1.17 bits per heavy atom. The molecule has 0 bridgehead atoms. The van der Waals surface area contributed by atoms with Crippen molar-refractivity contribution in [2.75, 3.05) is 26.3 Å². The van der Waals surface area contributed by atoms with Gasteiger partial charge in [0.15, 0.2) is 0 Å². The molecule has 0 spiro atoms. The molecule has 3 unspecified atom stereocenters. The minimum Gasteiger partial charge on any atom is -0.381 e. The number of nitrogens with zero attached hydrogens (tertiary/aromatic N) is 1. The molecule has 1 aromatic carbocycles. The van der Waals surface area contributed by atoms with Crippen molar-refractivity contribution < 1.29 is 4.74 Å². The van der Waals surface area contributed by atoms with Gasteiger partial charge >= 0.3 is 0 Å². The molecular formula is C21H31NO. The van der Waals surface area contributed by atoms with E-state index in [0.717, 1.165) is 25.0 Å². The summed E-state index contributed by atoms with van der Waals surface area (Å²) in [5.74, 6) is 1.61. The van der Waals surface area contributed by atoms with Gasteiger partial charge in [-0.2, -0.15) is 0 Å². The van der Waals surface area contributed by atoms with E-state index in [1.165, 1.54) is 50.8 Å². The van der Waals surface area contributed by atoms with Crippen LogP contribution in [0.15, 0.2) is 24.3 Å². The molecule has 4 rings (SSSR count). The first-order chi connectivity index (χ1) is 11.2. The molecule has 3 atom stereocenters. The van der Waals surface area contributed by atoms with Gasteiger partial charge in [0.25, 0.3) is 0 Å². The fourth-order valence-corrected chi connectivity index (χ4v) is 5.66. The molecule has 126 valence electrons. The van der Waals surface area contributed by atoms with Crippen molar-refractivity contribution in [3.63, 3.8) is 0 Å². The minimum absolute atomic E-state index is 0.440. The molecule has 0 N–H and O–H groups in total. The molecule has 3 aliphatic rings. The van der Waals surface area contributed by atoms with Gasteiger partial charge in [-0.15, -0.1) is 0 Å². The van der Waals surface area contributed by atoms with Crippen molar-refractivity contribution in [1.29, 1.82) is 0 Å². The fourth-order valence-electron chi connectivity index (χ4n) is 5.66. The topological polar surface area (TPSA) is 12.5 Å². The Bertz CT molecular complexity index is 553. The quantitative estimate of drug-likeness (QED) is 0.830. The van der Waals surface area contributed by atoms with Crippen LogP contribution in [0.5, 0.6) is 0 Å². The third-order valence-electron chi connectivity index (χ3n) is 6.98. The lowest BCUT2D eigenvalue weighted by atomic mass is 9.56. The highest BCUT2D eigenvalue weighted by Crippen LogP contribution is 2.52. The first kappa shape index (κ1) is 15.7. The molecular weight excluding hydrogens is 282 g/mol. The van der Waals surface area contributed by atoms with Gasteiger partial charge in [-0.3, -0.25) is 4.90 Å². The molecule has 2 heteroatoms. The molecule has 2 heterocycles. The maximum atomic E-state index is 5.40. The van der Waals surface area contributed by atoms with Crippen LogP contribution in [0.3, 0.4) is 0 Å². The Balaban J connectivity index is 1.62. The average Bonchev–Trinajstić information content (AvgIpc) is 2.53. The number of fused-ring (bicyclic) bond motifs is 1. The zero-order valence-electron chi connectivity index (χ0n) is 14.8. The molecule has 2 nitrogen and oxygen atoms in total. The third-order valence-corrected chi connectivity index (χ3v) is 6.98. The van der Waals surface area contributed by atoms with Gasteiger partial charge in [-0.1, -0.05) is 37.1 Å². The maximum Gasteiger partial charge on any atom is 0.0528 e. The Hall–Kier alpha value is -0.860. The Labute approximate surface area is 141 Å². The van der Waals surface area contributed by atoms with E-state index in [4.69, 9.17) is 4.74 Å². The molecule has 0 aromatic heterocycles. The number of ether oxygens (including phenoxy) is 1. The van der Waals surface area contributed by atoms with E-state index in [9.17, 15) is 0 Å². The highest BCUT2D eigenvalue weighted by molar-refractivity contribution is 5.36. The van der Waals surface area contributed by atoms with Crippen LogP contribution in [0.1, 0.15) is 50.2 Å². The predicted octanol–water partition coefficient (Wildman–Crippen LogP) is 4.16. The zero-order chi connectivity index (χ0) is 15.9. The highest BCUT2D eigenvalue weighted by Gasteiger charge is 2.49. The van der Waals surface area contributed by atoms with Crippen LogP contribution < -0.4 is 0 Å². The van der Waals surface area contributed by atoms with Gasteiger partial charge in [0, 0.05) is 23.9 Å². The summed E-state index contributed by atoms with van der Waals surface area (Å²) >= 11 is 0. The van der Waals surface area contributed by atoms with Gasteiger partial charge in [0.2, 0.25) is 0 Å². The van der Waals surface area contributed by atoms with Crippen LogP contribution in [0.2, 0.25) is 0 Å². The Morgan fingerprint density at radius 3 is 2.74 bits per heavy atom. The number of rotatable bonds is 3. The summed E-state index contributed by atoms with van der Waals surface area (Å²) in [6.07, 6.45) is 6.98. The average molecular weight is 313 g/mol. The molecule has 1 aromatic rings. The van der Waals surface area contributed by atoms with E-state index in [2.05, 4.69) is 43.0 Å². The summed E-state index contributed by atoms with van der Waals surface area (Å²) in [4.78, 5) is 2.78. The van der Waals surface area contributed by atoms with Gasteiger partial charge in [-0.25, -0.2) is 0 Å². The van der Waals surface area contributed by atoms with Crippen molar-refractivity contribution >= 4 is 0 Å². The minimum atomic E-state index is 0.440. The van der Waals surface area contributed by atoms with Gasteiger partial charge in [-0.05, 0) is 56.7 Å². The van der Waals surface area contributed by atoms with E-state index in [1.807, 2.05) is 0 Å². The SMILES string of the molecule is Cc1ccccc1C12CCCCC1C(C)N(CC1COC1)CC2. The summed E-state index contributed by atoms with van der Waals surface area (Å²) in [5, 5.41) is 0. The third kappa shape index (κ3) is 2.64. The second-order valence-corrected chi connectivity index (χ2v) is 8.21. The number of benzene rings is 1. The van der Waals surface area contributed by atoms with Crippen molar-refractivity contribution in [2.24, 2.45) is 11.8 Å². The van der Waals surface area contributed by atoms with Gasteiger partial charge < -0.3 is 4.74 Å². The summed E-state index contributed by atoms with van der Waals surface area (Å²) in [6.45, 7) is 9.30. The Morgan fingerprint density at radius 2 is 2.00 bits per heavy atom. The van der Waals surface area contributed by atoms with Crippen molar-refractivity contribution in [3.05, 3.63) is 35.4 Å². The van der Waals surface area contributed by atoms with Crippen LogP contribution in [-0.4, -0.2) is 37.2 Å². The van der Waals surface area contributed by atoms with E-state index in [-0.39, 0.29) is 0 Å². The van der Waals surface area contributed by atoms with Crippen LogP contribution in [-0.2, 0) is 10.2 Å². The standard InChI is InChI=1S/C21H31NO/c1-16-7-3-4-8-19(16)21-10-6-5-9-20(21)17(2)22(12-11-21)13-18-14-23-15-18/h3-4,7-8,17-18,20H,5-6,9-15H2,1-2H3. The molecule has 1 saturated carbocycles. The van der Waals surface area contributed by atoms with Gasteiger partial charge in [0.05, 0.1) is 13.2 Å². The lowest BCUT2D eigenvalue weighted by molar-refractivity contribution is -0.0712. The summed E-state index contributed by atoms with van der Waals surface area (Å²) in [7, 11) is 0. The molecule has 2 aliphatic heterocycles.